The SMILES string of the molecule is Cc1ccccc1NC(=O)COc1ccc(CNc2ccc(F)cc2)cc1Br. The summed E-state index contributed by atoms with van der Waals surface area (Å²) in [4.78, 5) is 12.1. The van der Waals surface area contributed by atoms with E-state index in [9.17, 15) is 9.18 Å². The lowest BCUT2D eigenvalue weighted by Gasteiger charge is -2.12. The first-order chi connectivity index (χ1) is 13.5. The first-order valence-corrected chi connectivity index (χ1v) is 9.57. The van der Waals surface area contributed by atoms with E-state index in [-0.39, 0.29) is 18.3 Å². The molecule has 3 rings (SSSR count). The van der Waals surface area contributed by atoms with E-state index in [4.69, 9.17) is 4.74 Å². The second-order valence-electron chi connectivity index (χ2n) is 6.28. The van der Waals surface area contributed by atoms with Crippen molar-refractivity contribution in [3.8, 4) is 5.75 Å². The number of hydrogen-bond acceptors (Lipinski definition) is 3. The summed E-state index contributed by atoms with van der Waals surface area (Å²) in [7, 11) is 0. The van der Waals surface area contributed by atoms with Crippen LogP contribution in [0.4, 0.5) is 15.8 Å². The van der Waals surface area contributed by atoms with Gasteiger partial charge in [0.1, 0.15) is 11.6 Å². The lowest BCUT2D eigenvalue weighted by atomic mass is 10.2. The van der Waals surface area contributed by atoms with Crippen molar-refractivity contribution in [1.29, 1.82) is 0 Å². The van der Waals surface area contributed by atoms with Crippen LogP contribution in [0.5, 0.6) is 5.75 Å². The molecule has 1 amide bonds. The molecule has 0 fully saturated rings. The van der Waals surface area contributed by atoms with Crippen LogP contribution in [0.2, 0.25) is 0 Å². The van der Waals surface area contributed by atoms with Crippen molar-refractivity contribution in [3.05, 3.63) is 88.1 Å². The van der Waals surface area contributed by atoms with E-state index in [2.05, 4.69) is 26.6 Å². The number of para-hydroxylation sites is 1. The van der Waals surface area contributed by atoms with Gasteiger partial charge in [0, 0.05) is 17.9 Å². The number of rotatable bonds is 7. The summed E-state index contributed by atoms with van der Waals surface area (Å²) >= 11 is 3.48. The van der Waals surface area contributed by atoms with E-state index in [0.29, 0.717) is 12.3 Å². The van der Waals surface area contributed by atoms with Gasteiger partial charge in [-0.1, -0.05) is 24.3 Å². The Hall–Kier alpha value is -2.86. The van der Waals surface area contributed by atoms with Crippen LogP contribution in [0.3, 0.4) is 0 Å². The molecule has 0 unspecified atom stereocenters. The molecule has 0 spiro atoms. The molecule has 0 saturated carbocycles. The van der Waals surface area contributed by atoms with Gasteiger partial charge < -0.3 is 15.4 Å². The van der Waals surface area contributed by atoms with Crippen LogP contribution in [0, 0.1) is 12.7 Å². The minimum absolute atomic E-state index is 0.0832. The molecule has 0 aliphatic carbocycles. The zero-order valence-electron chi connectivity index (χ0n) is 15.3. The van der Waals surface area contributed by atoms with Gasteiger partial charge in [0.15, 0.2) is 6.61 Å². The molecular formula is C22H20BrFN2O2. The smallest absolute Gasteiger partial charge is 0.262 e. The van der Waals surface area contributed by atoms with E-state index in [1.807, 2.05) is 49.4 Å². The third-order valence-corrected chi connectivity index (χ3v) is 4.73. The molecule has 0 aromatic heterocycles. The zero-order chi connectivity index (χ0) is 19.9. The van der Waals surface area contributed by atoms with Crippen LogP contribution in [0.25, 0.3) is 0 Å². The molecule has 0 aliphatic rings. The largest absolute Gasteiger partial charge is 0.483 e. The molecule has 0 saturated heterocycles. The maximum absolute atomic E-state index is 12.9. The summed E-state index contributed by atoms with van der Waals surface area (Å²) < 4.78 is 19.3. The highest BCUT2D eigenvalue weighted by Gasteiger charge is 2.08. The number of aryl methyl sites for hydroxylation is 1. The number of anilines is 2. The first kappa shape index (κ1) is 19.9. The van der Waals surface area contributed by atoms with Gasteiger partial charge in [-0.3, -0.25) is 4.79 Å². The van der Waals surface area contributed by atoms with Crippen molar-refractivity contribution >= 4 is 33.2 Å². The average Bonchev–Trinajstić information content (AvgIpc) is 2.68. The number of hydrogen-bond donors (Lipinski definition) is 2. The molecule has 4 nitrogen and oxygen atoms in total. The van der Waals surface area contributed by atoms with Crippen molar-refractivity contribution in [2.24, 2.45) is 0 Å². The molecule has 0 aliphatic heterocycles. The van der Waals surface area contributed by atoms with Crippen LogP contribution >= 0.6 is 15.9 Å². The summed E-state index contributed by atoms with van der Waals surface area (Å²) in [6.07, 6.45) is 0. The molecule has 0 bridgehead atoms. The van der Waals surface area contributed by atoms with Gasteiger partial charge in [-0.15, -0.1) is 0 Å². The summed E-state index contributed by atoms with van der Waals surface area (Å²) in [6.45, 7) is 2.43. The number of amides is 1. The number of ether oxygens (including phenoxy) is 1. The quantitative estimate of drug-likeness (QED) is 0.505. The van der Waals surface area contributed by atoms with E-state index < -0.39 is 0 Å². The monoisotopic (exact) mass is 442 g/mol. The Balaban J connectivity index is 1.53. The van der Waals surface area contributed by atoms with Crippen molar-refractivity contribution in [1.82, 2.24) is 0 Å². The highest BCUT2D eigenvalue weighted by molar-refractivity contribution is 9.10. The predicted molar refractivity (Wildman–Crippen MR) is 113 cm³/mol. The second-order valence-corrected chi connectivity index (χ2v) is 7.13. The van der Waals surface area contributed by atoms with Gasteiger partial charge >= 0.3 is 0 Å². The molecule has 3 aromatic carbocycles. The Kier molecular flexibility index (Phi) is 6.66. The lowest BCUT2D eigenvalue weighted by molar-refractivity contribution is -0.118. The summed E-state index contributed by atoms with van der Waals surface area (Å²) in [5, 5.41) is 6.06. The van der Waals surface area contributed by atoms with Gasteiger partial charge in [0.2, 0.25) is 0 Å². The van der Waals surface area contributed by atoms with Crippen LogP contribution in [0.1, 0.15) is 11.1 Å². The van der Waals surface area contributed by atoms with Gasteiger partial charge in [0.25, 0.3) is 5.91 Å². The molecule has 0 atom stereocenters. The number of benzene rings is 3. The molecule has 3 aromatic rings. The number of nitrogens with one attached hydrogen (secondary N) is 2. The van der Waals surface area contributed by atoms with E-state index in [1.54, 1.807) is 12.1 Å². The molecular weight excluding hydrogens is 423 g/mol. The molecule has 0 heterocycles. The number of carbonyl (C=O) groups is 1. The third-order valence-electron chi connectivity index (χ3n) is 4.12. The lowest BCUT2D eigenvalue weighted by Crippen LogP contribution is -2.20. The van der Waals surface area contributed by atoms with Crippen molar-refractivity contribution in [2.75, 3.05) is 17.2 Å². The second kappa shape index (κ2) is 9.37. The Morgan fingerprint density at radius 3 is 2.54 bits per heavy atom. The third kappa shape index (κ3) is 5.57. The normalized spacial score (nSPS) is 10.4. The molecule has 144 valence electrons. The van der Waals surface area contributed by atoms with Crippen LogP contribution in [0.15, 0.2) is 71.2 Å². The van der Waals surface area contributed by atoms with Gasteiger partial charge in [-0.2, -0.15) is 0 Å². The van der Waals surface area contributed by atoms with E-state index >= 15 is 0 Å². The minimum Gasteiger partial charge on any atom is -0.483 e. The fourth-order valence-corrected chi connectivity index (χ4v) is 3.13. The summed E-state index contributed by atoms with van der Waals surface area (Å²) in [5.74, 6) is 0.106. The van der Waals surface area contributed by atoms with Crippen molar-refractivity contribution < 1.29 is 13.9 Å². The zero-order valence-corrected chi connectivity index (χ0v) is 16.9. The fraction of sp³-hybridized carbons (Fsp3) is 0.136. The topological polar surface area (TPSA) is 50.4 Å². The number of carbonyl (C=O) groups excluding carboxylic acids is 1. The van der Waals surface area contributed by atoms with Gasteiger partial charge in [-0.25, -0.2) is 4.39 Å². The Morgan fingerprint density at radius 1 is 1.07 bits per heavy atom. The standard InChI is InChI=1S/C22H20BrFN2O2/c1-15-4-2-3-5-20(15)26-22(27)14-28-21-11-6-16(12-19(21)23)13-25-18-9-7-17(24)8-10-18/h2-12,25H,13-14H2,1H3,(H,26,27). The van der Waals surface area contributed by atoms with Crippen LogP contribution in [-0.4, -0.2) is 12.5 Å². The Morgan fingerprint density at radius 2 is 1.82 bits per heavy atom. The number of halogens is 2. The summed E-state index contributed by atoms with van der Waals surface area (Å²) in [5.41, 5.74) is 3.63. The van der Waals surface area contributed by atoms with Gasteiger partial charge in [-0.05, 0) is 76.4 Å². The highest BCUT2D eigenvalue weighted by atomic mass is 79.9. The summed E-state index contributed by atoms with van der Waals surface area (Å²) in [6, 6.07) is 19.4. The van der Waals surface area contributed by atoms with E-state index in [1.165, 1.54) is 12.1 Å². The Bertz CT molecular complexity index is 961. The highest BCUT2D eigenvalue weighted by Crippen LogP contribution is 2.26. The van der Waals surface area contributed by atoms with Gasteiger partial charge in [0.05, 0.1) is 4.47 Å². The molecule has 0 radical (unpaired) electrons. The maximum atomic E-state index is 12.9. The van der Waals surface area contributed by atoms with E-state index in [0.717, 1.165) is 27.0 Å². The molecule has 28 heavy (non-hydrogen) atoms. The minimum atomic E-state index is -0.263. The van der Waals surface area contributed by atoms with Crippen molar-refractivity contribution in [3.63, 3.8) is 0 Å². The average molecular weight is 443 g/mol. The van der Waals surface area contributed by atoms with Crippen molar-refractivity contribution in [2.45, 2.75) is 13.5 Å². The van der Waals surface area contributed by atoms with Crippen LogP contribution < -0.4 is 15.4 Å². The molecule has 2 N–H and O–H groups in total. The fourth-order valence-electron chi connectivity index (χ4n) is 2.59. The van der Waals surface area contributed by atoms with Crippen LogP contribution in [-0.2, 0) is 11.3 Å². The maximum Gasteiger partial charge on any atom is 0.262 e. The predicted octanol–water partition coefficient (Wildman–Crippen LogP) is 5.53. The first-order valence-electron chi connectivity index (χ1n) is 8.77. The Labute approximate surface area is 171 Å². The molecule has 6 heteroatoms.